The maximum Gasteiger partial charge on any atom is 0.0794 e. The number of hydrogen-bond donors (Lipinski definition) is 2. The highest BCUT2D eigenvalue weighted by Crippen LogP contribution is 2.07. The highest BCUT2D eigenvalue weighted by Gasteiger charge is 2.10. The maximum absolute atomic E-state index is 4.28. The molecule has 2 rings (SSSR count). The van der Waals surface area contributed by atoms with Crippen LogP contribution in [0.15, 0.2) is 10.9 Å². The Kier molecular flexibility index (Phi) is 5.25. The molecule has 1 aliphatic rings. The van der Waals surface area contributed by atoms with Crippen LogP contribution in [0, 0.1) is 0 Å². The van der Waals surface area contributed by atoms with E-state index >= 15 is 0 Å². The molecule has 16 heavy (non-hydrogen) atoms. The predicted molar refractivity (Wildman–Crippen MR) is 68.9 cm³/mol. The van der Waals surface area contributed by atoms with Crippen molar-refractivity contribution in [3.63, 3.8) is 0 Å². The summed E-state index contributed by atoms with van der Waals surface area (Å²) < 4.78 is 0. The second-order valence-electron chi connectivity index (χ2n) is 4.43. The smallest absolute Gasteiger partial charge is 0.0794 e. The average Bonchev–Trinajstić information content (AvgIpc) is 2.68. The lowest BCUT2D eigenvalue weighted by molar-refractivity contribution is 0.471. The first kappa shape index (κ1) is 12.0. The molecule has 1 aromatic heterocycles. The summed E-state index contributed by atoms with van der Waals surface area (Å²) in [7, 11) is 0. The highest BCUT2D eigenvalue weighted by atomic mass is 32.1. The molecular formula is C12H21N3S. The molecule has 1 atom stereocenters. The molecule has 1 unspecified atom stereocenters. The molecule has 1 fully saturated rings. The molecule has 4 heteroatoms. The van der Waals surface area contributed by atoms with Gasteiger partial charge in [-0.15, -0.1) is 11.3 Å². The minimum atomic E-state index is 0.679. The lowest BCUT2D eigenvalue weighted by atomic mass is 10.1. The average molecular weight is 239 g/mol. The van der Waals surface area contributed by atoms with Gasteiger partial charge in [-0.3, -0.25) is 0 Å². The molecule has 0 aliphatic carbocycles. The van der Waals surface area contributed by atoms with Crippen LogP contribution in [0.5, 0.6) is 0 Å². The van der Waals surface area contributed by atoms with Gasteiger partial charge in [0.15, 0.2) is 0 Å². The van der Waals surface area contributed by atoms with Crippen molar-refractivity contribution in [2.24, 2.45) is 0 Å². The van der Waals surface area contributed by atoms with Crippen LogP contribution in [0.4, 0.5) is 0 Å². The fourth-order valence-electron chi connectivity index (χ4n) is 2.13. The van der Waals surface area contributed by atoms with Crippen LogP contribution in [0.2, 0.25) is 0 Å². The number of thiazole rings is 1. The summed E-state index contributed by atoms with van der Waals surface area (Å²) in [5.74, 6) is 0. The number of aromatic nitrogens is 1. The van der Waals surface area contributed by atoms with E-state index < -0.39 is 0 Å². The molecule has 1 aliphatic heterocycles. The summed E-state index contributed by atoms with van der Waals surface area (Å²) >= 11 is 1.68. The zero-order chi connectivity index (χ0) is 11.1. The van der Waals surface area contributed by atoms with E-state index in [0.29, 0.717) is 6.04 Å². The summed E-state index contributed by atoms with van der Waals surface area (Å²) in [6.45, 7) is 3.34. The minimum absolute atomic E-state index is 0.679. The maximum atomic E-state index is 4.28. The van der Waals surface area contributed by atoms with Crippen molar-refractivity contribution in [1.82, 2.24) is 15.6 Å². The third-order valence-electron chi connectivity index (χ3n) is 3.09. The summed E-state index contributed by atoms with van der Waals surface area (Å²) in [6, 6.07) is 0.679. The summed E-state index contributed by atoms with van der Waals surface area (Å²) in [4.78, 5) is 4.28. The third-order valence-corrected chi connectivity index (χ3v) is 3.73. The van der Waals surface area contributed by atoms with E-state index in [-0.39, 0.29) is 0 Å². The zero-order valence-electron chi connectivity index (χ0n) is 9.74. The molecule has 0 aromatic carbocycles. The van der Waals surface area contributed by atoms with E-state index in [9.17, 15) is 0 Å². The van der Waals surface area contributed by atoms with E-state index in [1.54, 1.807) is 11.3 Å². The molecule has 0 radical (unpaired) electrons. The molecule has 1 aromatic rings. The molecule has 1 saturated heterocycles. The first-order valence-electron chi connectivity index (χ1n) is 6.26. The fourth-order valence-corrected chi connectivity index (χ4v) is 2.72. The summed E-state index contributed by atoms with van der Waals surface area (Å²) in [6.07, 6.45) is 6.49. The second-order valence-corrected chi connectivity index (χ2v) is 5.15. The Labute approximate surface area is 102 Å². The number of nitrogens with zero attached hydrogens (tertiary/aromatic N) is 1. The second kappa shape index (κ2) is 6.99. The van der Waals surface area contributed by atoms with Gasteiger partial charge in [-0.1, -0.05) is 12.8 Å². The lowest BCUT2D eigenvalue weighted by Crippen LogP contribution is -2.38. The molecule has 0 saturated carbocycles. The predicted octanol–water partition coefficient (Wildman–Crippen LogP) is 1.81. The Hall–Kier alpha value is -0.450. The van der Waals surface area contributed by atoms with Crippen LogP contribution in [-0.2, 0) is 6.42 Å². The minimum Gasteiger partial charge on any atom is -0.315 e. The monoisotopic (exact) mass is 239 g/mol. The van der Waals surface area contributed by atoms with E-state index in [2.05, 4.69) is 21.0 Å². The van der Waals surface area contributed by atoms with Gasteiger partial charge in [0.05, 0.1) is 11.2 Å². The Balaban J connectivity index is 1.56. The first-order chi connectivity index (χ1) is 7.95. The van der Waals surface area contributed by atoms with E-state index in [1.807, 2.05) is 5.51 Å². The van der Waals surface area contributed by atoms with Gasteiger partial charge >= 0.3 is 0 Å². The number of nitrogens with one attached hydrogen (secondary N) is 2. The molecule has 0 spiro atoms. The van der Waals surface area contributed by atoms with Gasteiger partial charge in [0.25, 0.3) is 0 Å². The zero-order valence-corrected chi connectivity index (χ0v) is 10.6. The van der Waals surface area contributed by atoms with Gasteiger partial charge in [0.1, 0.15) is 0 Å². The molecular weight excluding hydrogens is 218 g/mol. The first-order valence-corrected chi connectivity index (χ1v) is 7.20. The number of hydrogen-bond acceptors (Lipinski definition) is 4. The van der Waals surface area contributed by atoms with Gasteiger partial charge in [-0.05, 0) is 19.4 Å². The van der Waals surface area contributed by atoms with Crippen molar-refractivity contribution in [2.45, 2.75) is 38.1 Å². The van der Waals surface area contributed by atoms with Gasteiger partial charge in [0, 0.05) is 30.9 Å². The van der Waals surface area contributed by atoms with Gasteiger partial charge < -0.3 is 10.6 Å². The molecule has 2 N–H and O–H groups in total. The Morgan fingerprint density at radius 3 is 3.31 bits per heavy atom. The SMILES string of the molecule is c1nc(CCNCC2CCCCCN2)cs1. The van der Waals surface area contributed by atoms with Crippen molar-refractivity contribution in [3.05, 3.63) is 16.6 Å². The largest absolute Gasteiger partial charge is 0.315 e. The summed E-state index contributed by atoms with van der Waals surface area (Å²) in [5.41, 5.74) is 3.12. The standard InChI is InChI=1S/C12H21N3S/c1-2-4-11(14-6-3-1)8-13-7-5-12-9-16-10-15-12/h9-11,13-14H,1-8H2. The van der Waals surface area contributed by atoms with Crippen molar-refractivity contribution in [3.8, 4) is 0 Å². The van der Waals surface area contributed by atoms with Crippen molar-refractivity contribution < 1.29 is 0 Å². The quantitative estimate of drug-likeness (QED) is 0.770. The highest BCUT2D eigenvalue weighted by molar-refractivity contribution is 7.07. The molecule has 0 bridgehead atoms. The van der Waals surface area contributed by atoms with Crippen molar-refractivity contribution in [1.29, 1.82) is 0 Å². The normalized spacial score (nSPS) is 21.9. The Morgan fingerprint density at radius 2 is 2.44 bits per heavy atom. The Morgan fingerprint density at radius 1 is 1.44 bits per heavy atom. The number of rotatable bonds is 5. The third kappa shape index (κ3) is 4.20. The van der Waals surface area contributed by atoms with Crippen LogP contribution in [0.25, 0.3) is 0 Å². The van der Waals surface area contributed by atoms with E-state index in [4.69, 9.17) is 0 Å². The van der Waals surface area contributed by atoms with Crippen LogP contribution in [-0.4, -0.2) is 30.7 Å². The van der Waals surface area contributed by atoms with Crippen LogP contribution in [0.1, 0.15) is 31.4 Å². The van der Waals surface area contributed by atoms with Gasteiger partial charge in [-0.2, -0.15) is 0 Å². The Bertz CT molecular complexity index is 266. The molecule has 0 amide bonds. The van der Waals surface area contributed by atoms with Crippen molar-refractivity contribution in [2.75, 3.05) is 19.6 Å². The van der Waals surface area contributed by atoms with E-state index in [1.165, 1.54) is 37.9 Å². The van der Waals surface area contributed by atoms with Crippen LogP contribution < -0.4 is 10.6 Å². The summed E-state index contributed by atoms with van der Waals surface area (Å²) in [5, 5.41) is 9.25. The molecule has 90 valence electrons. The van der Waals surface area contributed by atoms with Crippen molar-refractivity contribution >= 4 is 11.3 Å². The van der Waals surface area contributed by atoms with Gasteiger partial charge in [0.2, 0.25) is 0 Å². The molecule has 3 nitrogen and oxygen atoms in total. The fraction of sp³-hybridized carbons (Fsp3) is 0.750. The van der Waals surface area contributed by atoms with Crippen LogP contribution >= 0.6 is 11.3 Å². The molecule has 2 heterocycles. The topological polar surface area (TPSA) is 37.0 Å². The lowest BCUT2D eigenvalue weighted by Gasteiger charge is -2.16. The van der Waals surface area contributed by atoms with Gasteiger partial charge in [-0.25, -0.2) is 4.98 Å². The van der Waals surface area contributed by atoms with Crippen LogP contribution in [0.3, 0.4) is 0 Å². The van der Waals surface area contributed by atoms with E-state index in [0.717, 1.165) is 19.5 Å².